The first kappa shape index (κ1) is 24.5. The van der Waals surface area contributed by atoms with Gasteiger partial charge in [-0.05, 0) is 47.7 Å². The Bertz CT molecular complexity index is 1400. The quantitative estimate of drug-likeness (QED) is 0.425. The first-order chi connectivity index (χ1) is 16.5. The first-order valence-corrected chi connectivity index (χ1v) is 11.2. The molecule has 8 nitrogen and oxygen atoms in total. The lowest BCUT2D eigenvalue weighted by molar-refractivity contribution is -0.138. The molecule has 1 unspecified atom stereocenters. The zero-order valence-corrected chi connectivity index (χ0v) is 19.5. The van der Waals surface area contributed by atoms with E-state index in [1.165, 1.54) is 22.9 Å². The smallest absolute Gasteiger partial charge is 0.334 e. The summed E-state index contributed by atoms with van der Waals surface area (Å²) in [5.41, 5.74) is -0.809. The van der Waals surface area contributed by atoms with Gasteiger partial charge in [-0.2, -0.15) is 13.2 Å². The Hall–Kier alpha value is -3.67. The van der Waals surface area contributed by atoms with E-state index in [0.29, 0.717) is 16.3 Å². The molecule has 12 heteroatoms. The maximum Gasteiger partial charge on any atom is 0.417 e. The van der Waals surface area contributed by atoms with Crippen LogP contribution in [0.2, 0.25) is 0 Å². The zero-order chi connectivity index (χ0) is 25.3. The van der Waals surface area contributed by atoms with Gasteiger partial charge in [0.05, 0.1) is 5.56 Å². The number of nitrogens with one attached hydrogen (secondary N) is 3. The fourth-order valence-electron chi connectivity index (χ4n) is 3.78. The zero-order valence-electron chi connectivity index (χ0n) is 17.9. The molecule has 0 spiro atoms. The Morgan fingerprint density at radius 2 is 1.89 bits per heavy atom. The summed E-state index contributed by atoms with van der Waals surface area (Å²) < 4.78 is 40.3. The summed E-state index contributed by atoms with van der Waals surface area (Å²) in [5.74, 6) is -0.927. The Morgan fingerprint density at radius 1 is 1.11 bits per heavy atom. The van der Waals surface area contributed by atoms with Crippen molar-refractivity contribution in [2.75, 3.05) is 5.32 Å². The second kappa shape index (κ2) is 9.53. The van der Waals surface area contributed by atoms with Gasteiger partial charge in [0.1, 0.15) is 6.04 Å². The lowest BCUT2D eigenvalue weighted by Crippen LogP contribution is -2.44. The molecule has 2 heterocycles. The van der Waals surface area contributed by atoms with Crippen molar-refractivity contribution in [2.45, 2.75) is 31.6 Å². The SMILES string of the molecule is O=C1CCC(n2ccc3ccc(CNC(=O)Nc4ccc(Br)c(C(F)(F)F)c4)cc3c2=O)C(=O)N1. The highest BCUT2D eigenvalue weighted by Gasteiger charge is 2.33. The maximum atomic E-state index is 13.1. The third kappa shape index (κ3) is 5.37. The molecule has 4 rings (SSSR count). The number of piperidine rings is 1. The number of amides is 4. The molecule has 0 aliphatic carbocycles. The highest BCUT2D eigenvalue weighted by atomic mass is 79.9. The molecule has 0 radical (unpaired) electrons. The molecule has 3 aromatic rings. The normalized spacial score (nSPS) is 16.2. The molecule has 35 heavy (non-hydrogen) atoms. The Kier molecular flexibility index (Phi) is 6.66. The maximum absolute atomic E-state index is 13.1. The van der Waals surface area contributed by atoms with Crippen molar-refractivity contribution in [1.29, 1.82) is 0 Å². The summed E-state index contributed by atoms with van der Waals surface area (Å²) in [6.07, 6.45) is -2.74. The van der Waals surface area contributed by atoms with Crippen molar-refractivity contribution >= 4 is 50.2 Å². The van der Waals surface area contributed by atoms with Crippen LogP contribution >= 0.6 is 15.9 Å². The number of alkyl halides is 3. The number of hydrogen-bond donors (Lipinski definition) is 3. The second-order valence-corrected chi connectivity index (χ2v) is 8.77. The van der Waals surface area contributed by atoms with Crippen molar-refractivity contribution < 1.29 is 27.6 Å². The number of carbonyl (C=O) groups excluding carboxylic acids is 3. The monoisotopic (exact) mass is 550 g/mol. The minimum absolute atomic E-state index is 0.00280. The predicted octanol–water partition coefficient (Wildman–Crippen LogP) is 4.08. The van der Waals surface area contributed by atoms with E-state index in [9.17, 15) is 32.3 Å². The summed E-state index contributed by atoms with van der Waals surface area (Å²) in [5, 5.41) is 8.06. The number of pyridine rings is 1. The molecule has 3 N–H and O–H groups in total. The van der Waals surface area contributed by atoms with Gasteiger partial charge in [0.15, 0.2) is 0 Å². The molecule has 1 atom stereocenters. The van der Waals surface area contributed by atoms with Crippen molar-refractivity contribution in [2.24, 2.45) is 0 Å². The van der Waals surface area contributed by atoms with E-state index in [1.54, 1.807) is 24.3 Å². The van der Waals surface area contributed by atoms with Crippen LogP contribution in [0.3, 0.4) is 0 Å². The van der Waals surface area contributed by atoms with E-state index >= 15 is 0 Å². The summed E-state index contributed by atoms with van der Waals surface area (Å²) in [6, 6.07) is 8.43. The molecule has 1 aromatic heterocycles. The highest BCUT2D eigenvalue weighted by molar-refractivity contribution is 9.10. The van der Waals surface area contributed by atoms with Crippen molar-refractivity contribution in [3.05, 3.63) is 74.6 Å². The largest absolute Gasteiger partial charge is 0.417 e. The number of carbonyl (C=O) groups is 3. The Morgan fingerprint density at radius 3 is 2.60 bits per heavy atom. The van der Waals surface area contributed by atoms with Gasteiger partial charge in [0, 0.05) is 34.7 Å². The molecule has 182 valence electrons. The van der Waals surface area contributed by atoms with Crippen LogP contribution in [0.15, 0.2) is 57.9 Å². The highest BCUT2D eigenvalue weighted by Crippen LogP contribution is 2.36. The van der Waals surface area contributed by atoms with E-state index in [-0.39, 0.29) is 35.5 Å². The number of nitrogens with zero attached hydrogens (tertiary/aromatic N) is 1. The minimum atomic E-state index is -4.58. The number of urea groups is 1. The van der Waals surface area contributed by atoms with Crippen LogP contribution in [-0.4, -0.2) is 22.4 Å². The van der Waals surface area contributed by atoms with Crippen LogP contribution in [0.25, 0.3) is 10.8 Å². The molecule has 0 bridgehead atoms. The predicted molar refractivity (Wildman–Crippen MR) is 125 cm³/mol. The van der Waals surface area contributed by atoms with E-state index in [0.717, 1.165) is 6.07 Å². The number of hydrogen-bond acceptors (Lipinski definition) is 4. The summed E-state index contributed by atoms with van der Waals surface area (Å²) in [7, 11) is 0. The summed E-state index contributed by atoms with van der Waals surface area (Å²) >= 11 is 2.84. The average Bonchev–Trinajstić information content (AvgIpc) is 2.79. The van der Waals surface area contributed by atoms with Gasteiger partial charge in [0.2, 0.25) is 11.8 Å². The lowest BCUT2D eigenvalue weighted by atomic mass is 10.0. The summed E-state index contributed by atoms with van der Waals surface area (Å²) in [4.78, 5) is 48.8. The number of fused-ring (bicyclic) bond motifs is 1. The fourth-order valence-corrected chi connectivity index (χ4v) is 4.25. The molecular weight excluding hydrogens is 533 g/mol. The molecule has 1 aliphatic heterocycles. The fraction of sp³-hybridized carbons (Fsp3) is 0.217. The van der Waals surface area contributed by atoms with Crippen LogP contribution in [0.4, 0.5) is 23.7 Å². The van der Waals surface area contributed by atoms with Gasteiger partial charge in [-0.15, -0.1) is 0 Å². The van der Waals surface area contributed by atoms with Gasteiger partial charge in [-0.1, -0.05) is 28.1 Å². The summed E-state index contributed by atoms with van der Waals surface area (Å²) in [6.45, 7) is -0.00280. The van der Waals surface area contributed by atoms with Gasteiger partial charge < -0.3 is 15.2 Å². The second-order valence-electron chi connectivity index (χ2n) is 7.92. The number of benzene rings is 2. The Labute approximate surface area is 204 Å². The molecule has 1 saturated heterocycles. The van der Waals surface area contributed by atoms with Gasteiger partial charge in [-0.25, -0.2) is 4.79 Å². The van der Waals surface area contributed by atoms with Gasteiger partial charge in [0.25, 0.3) is 5.56 Å². The third-order valence-corrected chi connectivity index (χ3v) is 6.22. The molecule has 1 aliphatic rings. The number of aromatic nitrogens is 1. The minimum Gasteiger partial charge on any atom is -0.334 e. The van der Waals surface area contributed by atoms with E-state index in [2.05, 4.69) is 31.9 Å². The van der Waals surface area contributed by atoms with Crippen LogP contribution < -0.4 is 21.5 Å². The van der Waals surface area contributed by atoms with Crippen LogP contribution in [0.5, 0.6) is 0 Å². The van der Waals surface area contributed by atoms with Crippen molar-refractivity contribution in [3.63, 3.8) is 0 Å². The molecule has 2 aromatic carbocycles. The Balaban J connectivity index is 1.49. The van der Waals surface area contributed by atoms with Crippen molar-refractivity contribution in [1.82, 2.24) is 15.2 Å². The van der Waals surface area contributed by atoms with Gasteiger partial charge >= 0.3 is 12.2 Å². The first-order valence-electron chi connectivity index (χ1n) is 10.4. The van der Waals surface area contributed by atoms with Gasteiger partial charge in [-0.3, -0.25) is 19.7 Å². The third-order valence-electron chi connectivity index (χ3n) is 5.53. The molecular formula is C23H18BrF3N4O4. The van der Waals surface area contributed by atoms with Crippen LogP contribution in [0.1, 0.15) is 30.0 Å². The number of halogens is 4. The number of rotatable bonds is 4. The lowest BCUT2D eigenvalue weighted by Gasteiger charge is -2.23. The van der Waals surface area contributed by atoms with E-state index in [1.807, 2.05) is 0 Å². The van der Waals surface area contributed by atoms with Crippen LogP contribution in [-0.2, 0) is 22.3 Å². The molecule has 1 fully saturated rings. The van der Waals surface area contributed by atoms with Crippen LogP contribution in [0, 0.1) is 0 Å². The number of anilines is 1. The molecule has 4 amide bonds. The number of imide groups is 1. The topological polar surface area (TPSA) is 109 Å². The average molecular weight is 551 g/mol. The van der Waals surface area contributed by atoms with E-state index in [4.69, 9.17) is 0 Å². The van der Waals surface area contributed by atoms with E-state index < -0.39 is 35.3 Å². The van der Waals surface area contributed by atoms with Crippen molar-refractivity contribution in [3.8, 4) is 0 Å². The standard InChI is InChI=1S/C23H18BrF3N4O4/c24-17-4-3-14(10-16(17)23(25,26)27)29-22(35)28-11-12-1-2-13-7-8-31(21(34)15(13)9-12)18-5-6-19(32)30-20(18)33/h1-4,7-10,18H,5-6,11H2,(H2,28,29,35)(H,30,32,33). The molecule has 0 saturated carbocycles.